The third-order valence-electron chi connectivity index (χ3n) is 3.27. The van der Waals surface area contributed by atoms with Gasteiger partial charge in [0.05, 0.1) is 0 Å². The molecule has 104 valence electrons. The molecule has 0 spiro atoms. The minimum Gasteiger partial charge on any atom is -0.473 e. The van der Waals surface area contributed by atoms with E-state index < -0.39 is 28.6 Å². The minimum absolute atomic E-state index is 0.360. The Morgan fingerprint density at radius 3 is 1.78 bits per heavy atom. The number of hydroxylamine groups is 2. The number of nitrogens with zero attached hydrogens (tertiary/aromatic N) is 1. The molecule has 0 saturated carbocycles. The molecule has 18 heavy (non-hydrogen) atoms. The molecule has 0 unspecified atom stereocenters. The summed E-state index contributed by atoms with van der Waals surface area (Å²) in [5.74, 6) is -2.85. The summed E-state index contributed by atoms with van der Waals surface area (Å²) < 4.78 is 5.08. The van der Waals surface area contributed by atoms with Gasteiger partial charge in [-0.3, -0.25) is 0 Å². The van der Waals surface area contributed by atoms with E-state index in [1.165, 1.54) is 5.06 Å². The van der Waals surface area contributed by atoms with Crippen molar-refractivity contribution < 1.29 is 24.6 Å². The molecule has 0 aromatic heterocycles. The molecule has 1 aliphatic rings. The van der Waals surface area contributed by atoms with Gasteiger partial charge in [-0.05, 0) is 34.6 Å². The molecular weight excluding hydrogens is 238 g/mol. The third-order valence-corrected chi connectivity index (χ3v) is 3.27. The number of carboxylic acids is 1. The first kappa shape index (κ1) is 14.9. The van der Waals surface area contributed by atoms with Gasteiger partial charge in [-0.1, -0.05) is 0 Å². The number of carbonyl (C=O) groups is 2. The van der Waals surface area contributed by atoms with Gasteiger partial charge < -0.3 is 15.1 Å². The van der Waals surface area contributed by atoms with E-state index in [4.69, 9.17) is 9.84 Å². The SMILES string of the molecule is CC1(OC(=O)C(=O)O)CC(C)(C)N(O)C(C)(C)C1. The largest absolute Gasteiger partial charge is 0.473 e. The average Bonchev–Trinajstić information content (AvgIpc) is 2.11. The topological polar surface area (TPSA) is 87.1 Å². The van der Waals surface area contributed by atoms with Crippen LogP contribution in [0.3, 0.4) is 0 Å². The maximum Gasteiger partial charge on any atom is 0.417 e. The summed E-state index contributed by atoms with van der Waals surface area (Å²) in [6.45, 7) is 8.98. The maximum absolute atomic E-state index is 11.2. The molecule has 1 saturated heterocycles. The van der Waals surface area contributed by atoms with E-state index in [1.54, 1.807) is 6.92 Å². The lowest BCUT2D eigenvalue weighted by Crippen LogP contribution is -2.64. The molecule has 0 aromatic carbocycles. The van der Waals surface area contributed by atoms with Crippen LogP contribution in [-0.2, 0) is 14.3 Å². The van der Waals surface area contributed by atoms with Gasteiger partial charge in [-0.25, -0.2) is 9.59 Å². The second-order valence-electron chi connectivity index (χ2n) is 6.43. The van der Waals surface area contributed by atoms with Gasteiger partial charge in [0, 0.05) is 23.9 Å². The predicted molar refractivity (Wildman–Crippen MR) is 63.2 cm³/mol. The van der Waals surface area contributed by atoms with Crippen LogP contribution in [0.2, 0.25) is 0 Å². The first-order valence-corrected chi connectivity index (χ1v) is 5.85. The zero-order valence-electron chi connectivity index (χ0n) is 11.5. The fraction of sp³-hybridized carbons (Fsp3) is 0.833. The summed E-state index contributed by atoms with van der Waals surface area (Å²) in [6, 6.07) is 0. The number of carboxylic acid groups (broad SMARTS) is 1. The van der Waals surface area contributed by atoms with Crippen molar-refractivity contribution in [3.8, 4) is 0 Å². The quantitative estimate of drug-likeness (QED) is 0.547. The van der Waals surface area contributed by atoms with E-state index in [9.17, 15) is 14.8 Å². The van der Waals surface area contributed by atoms with Gasteiger partial charge in [0.2, 0.25) is 0 Å². The molecule has 1 rings (SSSR count). The lowest BCUT2D eigenvalue weighted by atomic mass is 9.73. The number of hydrogen-bond acceptors (Lipinski definition) is 5. The normalized spacial score (nSPS) is 25.4. The second-order valence-corrected chi connectivity index (χ2v) is 6.43. The highest BCUT2D eigenvalue weighted by atomic mass is 16.6. The molecular formula is C12H21NO5. The van der Waals surface area contributed by atoms with Crippen molar-refractivity contribution >= 4 is 11.9 Å². The molecule has 1 fully saturated rings. The molecule has 0 atom stereocenters. The molecule has 0 radical (unpaired) electrons. The number of carbonyl (C=O) groups excluding carboxylic acids is 1. The molecule has 1 heterocycles. The Balaban J connectivity index is 2.97. The summed E-state index contributed by atoms with van der Waals surface area (Å²) in [7, 11) is 0. The van der Waals surface area contributed by atoms with Crippen molar-refractivity contribution in [2.45, 2.75) is 64.1 Å². The lowest BCUT2D eigenvalue weighted by Gasteiger charge is -2.54. The van der Waals surface area contributed by atoms with E-state index in [1.807, 2.05) is 27.7 Å². The van der Waals surface area contributed by atoms with Crippen LogP contribution >= 0.6 is 0 Å². The van der Waals surface area contributed by atoms with Crippen LogP contribution in [-0.4, -0.2) is 44.0 Å². The van der Waals surface area contributed by atoms with E-state index in [-0.39, 0.29) is 0 Å². The molecule has 0 amide bonds. The van der Waals surface area contributed by atoms with Crippen molar-refractivity contribution in [1.82, 2.24) is 5.06 Å². The average molecular weight is 259 g/mol. The number of hydrogen-bond donors (Lipinski definition) is 2. The highest BCUT2D eigenvalue weighted by molar-refractivity contribution is 6.28. The number of piperidine rings is 1. The van der Waals surface area contributed by atoms with Crippen molar-refractivity contribution in [2.75, 3.05) is 0 Å². The Morgan fingerprint density at radius 1 is 1.06 bits per heavy atom. The highest BCUT2D eigenvalue weighted by Crippen LogP contribution is 2.43. The standard InChI is InChI=1S/C12H21NO5/c1-10(2)6-12(5,18-9(16)8(14)15)7-11(3,4)13(10)17/h17H,6-7H2,1-5H3,(H,14,15). The van der Waals surface area contributed by atoms with Gasteiger partial charge in [-0.15, -0.1) is 0 Å². The van der Waals surface area contributed by atoms with Crippen LogP contribution in [0.15, 0.2) is 0 Å². The Morgan fingerprint density at radius 2 is 1.44 bits per heavy atom. The van der Waals surface area contributed by atoms with Gasteiger partial charge in [0.25, 0.3) is 0 Å². The van der Waals surface area contributed by atoms with Crippen molar-refractivity contribution in [3.05, 3.63) is 0 Å². The van der Waals surface area contributed by atoms with E-state index in [0.29, 0.717) is 12.8 Å². The lowest BCUT2D eigenvalue weighted by molar-refractivity contribution is -0.275. The molecule has 0 bridgehead atoms. The first-order valence-electron chi connectivity index (χ1n) is 5.85. The zero-order chi connectivity index (χ0) is 14.4. The second kappa shape index (κ2) is 4.20. The smallest absolute Gasteiger partial charge is 0.417 e. The van der Waals surface area contributed by atoms with Crippen LogP contribution in [0.25, 0.3) is 0 Å². The zero-order valence-corrected chi connectivity index (χ0v) is 11.5. The third kappa shape index (κ3) is 2.81. The Labute approximate surface area is 106 Å². The number of aliphatic carboxylic acids is 1. The first-order chi connectivity index (χ1) is 7.90. The fourth-order valence-electron chi connectivity index (χ4n) is 3.20. The van der Waals surface area contributed by atoms with E-state index in [0.717, 1.165) is 0 Å². The molecule has 2 N–H and O–H groups in total. The number of rotatable bonds is 1. The van der Waals surface area contributed by atoms with E-state index in [2.05, 4.69) is 0 Å². The summed E-state index contributed by atoms with van der Waals surface area (Å²) in [6.07, 6.45) is 0.720. The summed E-state index contributed by atoms with van der Waals surface area (Å²) >= 11 is 0. The molecule has 1 aliphatic heterocycles. The van der Waals surface area contributed by atoms with Crippen LogP contribution in [0.4, 0.5) is 0 Å². The van der Waals surface area contributed by atoms with Crippen molar-refractivity contribution in [3.63, 3.8) is 0 Å². The van der Waals surface area contributed by atoms with Crippen LogP contribution in [0.5, 0.6) is 0 Å². The fourth-order valence-corrected chi connectivity index (χ4v) is 3.20. The van der Waals surface area contributed by atoms with E-state index >= 15 is 0 Å². The molecule has 6 nitrogen and oxygen atoms in total. The summed E-state index contributed by atoms with van der Waals surface area (Å²) in [5, 5.41) is 20.0. The molecule has 0 aromatic rings. The Bertz CT molecular complexity index is 357. The van der Waals surface area contributed by atoms with Crippen molar-refractivity contribution in [2.24, 2.45) is 0 Å². The van der Waals surface area contributed by atoms with Crippen LogP contribution in [0.1, 0.15) is 47.5 Å². The van der Waals surface area contributed by atoms with Gasteiger partial charge in [0.15, 0.2) is 0 Å². The minimum atomic E-state index is -1.60. The van der Waals surface area contributed by atoms with Gasteiger partial charge in [0.1, 0.15) is 5.60 Å². The number of ether oxygens (including phenoxy) is 1. The van der Waals surface area contributed by atoms with Crippen LogP contribution < -0.4 is 0 Å². The van der Waals surface area contributed by atoms with Crippen molar-refractivity contribution in [1.29, 1.82) is 0 Å². The van der Waals surface area contributed by atoms with Crippen LogP contribution in [0, 0.1) is 0 Å². The summed E-state index contributed by atoms with van der Waals surface area (Å²) in [5.41, 5.74) is -2.10. The number of esters is 1. The molecule has 6 heteroatoms. The predicted octanol–water partition coefficient (Wildman–Crippen LogP) is 1.42. The monoisotopic (exact) mass is 259 g/mol. The Kier molecular flexibility index (Phi) is 3.49. The van der Waals surface area contributed by atoms with Gasteiger partial charge >= 0.3 is 11.9 Å². The highest BCUT2D eigenvalue weighted by Gasteiger charge is 2.52. The molecule has 0 aliphatic carbocycles. The maximum atomic E-state index is 11.2. The summed E-state index contributed by atoms with van der Waals surface area (Å²) in [4.78, 5) is 21.8. The van der Waals surface area contributed by atoms with Gasteiger partial charge in [-0.2, -0.15) is 5.06 Å². The Hall–Kier alpha value is -1.14.